The predicted octanol–water partition coefficient (Wildman–Crippen LogP) is 3.73. The molecule has 1 N–H and O–H groups in total. The fraction of sp³-hybridized carbons (Fsp3) is 0.667. The second-order valence-electron chi connectivity index (χ2n) is 4.77. The lowest BCUT2D eigenvalue weighted by Crippen LogP contribution is -2.34. The molecule has 0 saturated heterocycles. The standard InChI is InChI=1S/C12H17Cl2N3/c13-8-12(4-2-1-3-5-12)9-17-11-15-6-10(14)7-16-11/h6-7H,1-5,8-9H2,(H,15,16,17). The number of hydrogen-bond donors (Lipinski definition) is 1. The van der Waals surface area contributed by atoms with E-state index in [0.717, 1.165) is 6.54 Å². The van der Waals surface area contributed by atoms with Gasteiger partial charge in [-0.2, -0.15) is 0 Å². The van der Waals surface area contributed by atoms with E-state index in [0.29, 0.717) is 16.9 Å². The Kier molecular flexibility index (Phi) is 4.46. The van der Waals surface area contributed by atoms with E-state index in [1.807, 2.05) is 0 Å². The van der Waals surface area contributed by atoms with Crippen LogP contribution >= 0.6 is 23.2 Å². The molecule has 1 aliphatic rings. The summed E-state index contributed by atoms with van der Waals surface area (Å²) in [6, 6.07) is 0. The fourth-order valence-electron chi connectivity index (χ4n) is 2.33. The van der Waals surface area contributed by atoms with Crippen molar-refractivity contribution < 1.29 is 0 Å². The van der Waals surface area contributed by atoms with Gasteiger partial charge in [0.05, 0.1) is 17.4 Å². The number of rotatable bonds is 4. The molecule has 5 heteroatoms. The highest BCUT2D eigenvalue weighted by molar-refractivity contribution is 6.30. The third-order valence-corrected chi connectivity index (χ3v) is 4.20. The molecule has 1 aliphatic carbocycles. The van der Waals surface area contributed by atoms with Crippen molar-refractivity contribution in [3.63, 3.8) is 0 Å². The molecule has 1 heterocycles. The predicted molar refractivity (Wildman–Crippen MR) is 71.8 cm³/mol. The van der Waals surface area contributed by atoms with Crippen molar-refractivity contribution in [3.05, 3.63) is 17.4 Å². The average Bonchev–Trinajstić information content (AvgIpc) is 2.39. The van der Waals surface area contributed by atoms with Crippen molar-refractivity contribution >= 4 is 29.2 Å². The Morgan fingerprint density at radius 3 is 2.41 bits per heavy atom. The Hall–Kier alpha value is -0.540. The third kappa shape index (κ3) is 3.46. The smallest absolute Gasteiger partial charge is 0.222 e. The van der Waals surface area contributed by atoms with Gasteiger partial charge in [-0.3, -0.25) is 0 Å². The number of aromatic nitrogens is 2. The molecule has 0 unspecified atom stereocenters. The highest BCUT2D eigenvalue weighted by Gasteiger charge is 2.31. The van der Waals surface area contributed by atoms with Crippen LogP contribution in [0.2, 0.25) is 5.02 Å². The SMILES string of the molecule is ClCC1(CNc2ncc(Cl)cn2)CCCCC1. The summed E-state index contributed by atoms with van der Waals surface area (Å²) in [6.45, 7) is 0.845. The van der Waals surface area contributed by atoms with Crippen molar-refractivity contribution in [1.29, 1.82) is 0 Å². The van der Waals surface area contributed by atoms with Crippen LogP contribution in [-0.4, -0.2) is 22.4 Å². The molecule has 3 nitrogen and oxygen atoms in total. The molecule has 94 valence electrons. The van der Waals surface area contributed by atoms with Crippen LogP contribution in [0.1, 0.15) is 32.1 Å². The summed E-state index contributed by atoms with van der Waals surface area (Å²) in [5.41, 5.74) is 0.211. The third-order valence-electron chi connectivity index (χ3n) is 3.44. The summed E-state index contributed by atoms with van der Waals surface area (Å²) in [5.74, 6) is 1.33. The highest BCUT2D eigenvalue weighted by atomic mass is 35.5. The second kappa shape index (κ2) is 5.87. The van der Waals surface area contributed by atoms with Gasteiger partial charge in [0.15, 0.2) is 0 Å². The number of alkyl halides is 1. The zero-order chi connectivity index (χ0) is 12.1. The van der Waals surface area contributed by atoms with Crippen LogP contribution in [0.5, 0.6) is 0 Å². The first-order valence-corrected chi connectivity index (χ1v) is 6.93. The molecular formula is C12H17Cl2N3. The Balaban J connectivity index is 1.93. The zero-order valence-electron chi connectivity index (χ0n) is 9.75. The molecule has 0 aromatic carbocycles. The van der Waals surface area contributed by atoms with Gasteiger partial charge in [0.1, 0.15) is 0 Å². The second-order valence-corrected chi connectivity index (χ2v) is 5.48. The van der Waals surface area contributed by atoms with Crippen LogP contribution in [0.15, 0.2) is 12.4 Å². The van der Waals surface area contributed by atoms with Crippen molar-refractivity contribution in [3.8, 4) is 0 Å². The van der Waals surface area contributed by atoms with Gasteiger partial charge in [-0.05, 0) is 12.8 Å². The van der Waals surface area contributed by atoms with Gasteiger partial charge in [0.25, 0.3) is 0 Å². The van der Waals surface area contributed by atoms with Gasteiger partial charge in [0.2, 0.25) is 5.95 Å². The minimum absolute atomic E-state index is 0.211. The molecular weight excluding hydrogens is 257 g/mol. The van der Waals surface area contributed by atoms with Crippen LogP contribution < -0.4 is 5.32 Å². The maximum atomic E-state index is 6.13. The molecule has 2 rings (SSSR count). The number of hydrogen-bond acceptors (Lipinski definition) is 3. The van der Waals surface area contributed by atoms with E-state index in [1.165, 1.54) is 32.1 Å². The quantitative estimate of drug-likeness (QED) is 0.850. The summed E-state index contributed by atoms with van der Waals surface area (Å²) in [4.78, 5) is 8.26. The fourth-order valence-corrected chi connectivity index (χ4v) is 2.79. The normalized spacial score (nSPS) is 18.9. The number of nitrogens with zero attached hydrogens (tertiary/aromatic N) is 2. The Labute approximate surface area is 112 Å². The Morgan fingerprint density at radius 1 is 1.18 bits per heavy atom. The monoisotopic (exact) mass is 273 g/mol. The number of halogens is 2. The minimum atomic E-state index is 0.211. The first kappa shape index (κ1) is 12.9. The van der Waals surface area contributed by atoms with E-state index in [9.17, 15) is 0 Å². The van der Waals surface area contributed by atoms with Crippen molar-refractivity contribution in [1.82, 2.24) is 9.97 Å². The summed E-state index contributed by atoms with van der Waals surface area (Å²) >= 11 is 11.9. The van der Waals surface area contributed by atoms with Crippen LogP contribution in [0.25, 0.3) is 0 Å². The molecule has 17 heavy (non-hydrogen) atoms. The first-order chi connectivity index (χ1) is 8.24. The number of anilines is 1. The van der Waals surface area contributed by atoms with Gasteiger partial charge in [-0.15, -0.1) is 11.6 Å². The first-order valence-electron chi connectivity index (χ1n) is 6.01. The van der Waals surface area contributed by atoms with E-state index in [1.54, 1.807) is 12.4 Å². The van der Waals surface area contributed by atoms with E-state index < -0.39 is 0 Å². The van der Waals surface area contributed by atoms with E-state index in [2.05, 4.69) is 15.3 Å². The van der Waals surface area contributed by atoms with Crippen LogP contribution in [-0.2, 0) is 0 Å². The maximum absolute atomic E-state index is 6.13. The summed E-state index contributed by atoms with van der Waals surface area (Å²) in [7, 11) is 0. The highest BCUT2D eigenvalue weighted by Crippen LogP contribution is 2.37. The molecule has 1 fully saturated rings. The zero-order valence-corrected chi connectivity index (χ0v) is 11.3. The summed E-state index contributed by atoms with van der Waals surface area (Å²) in [5, 5.41) is 3.82. The lowest BCUT2D eigenvalue weighted by molar-refractivity contribution is 0.237. The van der Waals surface area contributed by atoms with Crippen LogP contribution in [0.3, 0.4) is 0 Å². The largest absolute Gasteiger partial charge is 0.354 e. The van der Waals surface area contributed by atoms with Crippen LogP contribution in [0.4, 0.5) is 5.95 Å². The maximum Gasteiger partial charge on any atom is 0.222 e. The molecule has 0 bridgehead atoms. The molecule has 0 radical (unpaired) electrons. The summed E-state index contributed by atoms with van der Waals surface area (Å²) in [6.07, 6.45) is 9.46. The van der Waals surface area contributed by atoms with Gasteiger partial charge in [-0.1, -0.05) is 30.9 Å². The van der Waals surface area contributed by atoms with E-state index in [-0.39, 0.29) is 5.41 Å². The average molecular weight is 274 g/mol. The Bertz CT molecular complexity index is 347. The lowest BCUT2D eigenvalue weighted by Gasteiger charge is -2.35. The molecule has 1 aromatic rings. The van der Waals surface area contributed by atoms with Gasteiger partial charge in [-0.25, -0.2) is 9.97 Å². The minimum Gasteiger partial charge on any atom is -0.354 e. The van der Waals surface area contributed by atoms with Crippen molar-refractivity contribution in [2.75, 3.05) is 17.7 Å². The van der Waals surface area contributed by atoms with Gasteiger partial charge < -0.3 is 5.32 Å². The van der Waals surface area contributed by atoms with Crippen molar-refractivity contribution in [2.45, 2.75) is 32.1 Å². The molecule has 0 spiro atoms. The van der Waals surface area contributed by atoms with Gasteiger partial charge >= 0.3 is 0 Å². The van der Waals surface area contributed by atoms with Crippen LogP contribution in [0, 0.1) is 5.41 Å². The number of nitrogens with one attached hydrogen (secondary N) is 1. The van der Waals surface area contributed by atoms with E-state index in [4.69, 9.17) is 23.2 Å². The molecule has 0 atom stereocenters. The van der Waals surface area contributed by atoms with E-state index >= 15 is 0 Å². The van der Waals surface area contributed by atoms with Gasteiger partial charge in [0, 0.05) is 17.8 Å². The lowest BCUT2D eigenvalue weighted by atomic mass is 9.75. The van der Waals surface area contributed by atoms with Crippen molar-refractivity contribution in [2.24, 2.45) is 5.41 Å². The Morgan fingerprint density at radius 2 is 1.82 bits per heavy atom. The topological polar surface area (TPSA) is 37.8 Å². The molecule has 1 aromatic heterocycles. The molecule has 0 amide bonds. The molecule has 0 aliphatic heterocycles. The summed E-state index contributed by atoms with van der Waals surface area (Å²) < 4.78 is 0. The molecule has 1 saturated carbocycles.